The standard InChI is InChI=1S/C16H34/c1-7-10-14(4)12-16(6,9-3)13-15(5)11-8-2/h14-15H,7-13H2,1-6H3. The first kappa shape index (κ1) is 16.0. The van der Waals surface area contributed by atoms with Crippen molar-refractivity contribution in [2.45, 2.75) is 86.5 Å². The van der Waals surface area contributed by atoms with E-state index in [9.17, 15) is 0 Å². The Morgan fingerprint density at radius 2 is 1.19 bits per heavy atom. The lowest BCUT2D eigenvalue weighted by molar-refractivity contribution is 0.178. The molecule has 0 rings (SSSR count). The largest absolute Gasteiger partial charge is 0.0654 e. The molecule has 0 aromatic carbocycles. The van der Waals surface area contributed by atoms with Crippen molar-refractivity contribution in [1.82, 2.24) is 0 Å². The third-order valence-corrected chi connectivity index (χ3v) is 4.10. The van der Waals surface area contributed by atoms with Crippen molar-refractivity contribution in [3.05, 3.63) is 0 Å². The SMILES string of the molecule is CCCC(C)CC(C)(CC)CC(C)CCC. The van der Waals surface area contributed by atoms with Crippen LogP contribution >= 0.6 is 0 Å². The molecule has 2 atom stereocenters. The van der Waals surface area contributed by atoms with Crippen molar-refractivity contribution in [1.29, 1.82) is 0 Å². The Hall–Kier alpha value is 0. The minimum atomic E-state index is 0.586. The Morgan fingerprint density at radius 1 is 0.812 bits per heavy atom. The summed E-state index contributed by atoms with van der Waals surface area (Å²) in [6, 6.07) is 0. The van der Waals surface area contributed by atoms with E-state index in [0.717, 1.165) is 11.8 Å². The highest BCUT2D eigenvalue weighted by Crippen LogP contribution is 2.38. The second kappa shape index (κ2) is 8.14. The molecule has 0 saturated carbocycles. The van der Waals surface area contributed by atoms with Crippen LogP contribution in [0.25, 0.3) is 0 Å². The normalized spacial score (nSPS) is 19.1. The molecular formula is C16H34. The molecule has 0 fully saturated rings. The molecule has 0 aliphatic heterocycles. The smallest absolute Gasteiger partial charge is 0.0323 e. The Bertz CT molecular complexity index is 145. The minimum Gasteiger partial charge on any atom is -0.0654 e. The van der Waals surface area contributed by atoms with E-state index in [4.69, 9.17) is 0 Å². The fraction of sp³-hybridized carbons (Fsp3) is 1.00. The average molecular weight is 226 g/mol. The van der Waals surface area contributed by atoms with Crippen LogP contribution in [-0.4, -0.2) is 0 Å². The summed E-state index contributed by atoms with van der Waals surface area (Å²) in [5.41, 5.74) is 0.586. The predicted octanol–water partition coefficient (Wildman–Crippen LogP) is 6.06. The summed E-state index contributed by atoms with van der Waals surface area (Å²) >= 11 is 0. The molecule has 0 saturated heterocycles. The van der Waals surface area contributed by atoms with E-state index >= 15 is 0 Å². The quantitative estimate of drug-likeness (QED) is 0.448. The summed E-state index contributed by atoms with van der Waals surface area (Å²) < 4.78 is 0. The van der Waals surface area contributed by atoms with E-state index in [1.165, 1.54) is 44.9 Å². The van der Waals surface area contributed by atoms with E-state index < -0.39 is 0 Å². The highest BCUT2D eigenvalue weighted by atomic mass is 14.3. The van der Waals surface area contributed by atoms with Gasteiger partial charge in [0, 0.05) is 0 Å². The second-order valence-electron chi connectivity index (χ2n) is 6.36. The van der Waals surface area contributed by atoms with Crippen LogP contribution in [0.3, 0.4) is 0 Å². The molecule has 0 aliphatic carbocycles. The Morgan fingerprint density at radius 3 is 1.44 bits per heavy atom. The molecular weight excluding hydrogens is 192 g/mol. The topological polar surface area (TPSA) is 0 Å². The van der Waals surface area contributed by atoms with E-state index in [1.54, 1.807) is 0 Å². The molecule has 16 heavy (non-hydrogen) atoms. The van der Waals surface area contributed by atoms with Crippen molar-refractivity contribution in [3.63, 3.8) is 0 Å². The van der Waals surface area contributed by atoms with Crippen molar-refractivity contribution in [2.24, 2.45) is 17.3 Å². The van der Waals surface area contributed by atoms with Crippen LogP contribution in [0, 0.1) is 17.3 Å². The Balaban J connectivity index is 4.18. The maximum Gasteiger partial charge on any atom is -0.0323 e. The summed E-state index contributed by atoms with van der Waals surface area (Å²) in [4.78, 5) is 0. The molecule has 0 radical (unpaired) electrons. The van der Waals surface area contributed by atoms with Gasteiger partial charge in [0.15, 0.2) is 0 Å². The lowest BCUT2D eigenvalue weighted by atomic mass is 9.72. The first-order chi connectivity index (χ1) is 7.47. The highest BCUT2D eigenvalue weighted by molar-refractivity contribution is 4.77. The van der Waals surface area contributed by atoms with E-state index in [1.807, 2.05) is 0 Å². The fourth-order valence-corrected chi connectivity index (χ4v) is 3.24. The van der Waals surface area contributed by atoms with Crippen LogP contribution < -0.4 is 0 Å². The molecule has 0 aliphatic rings. The average Bonchev–Trinajstić information content (AvgIpc) is 2.17. The zero-order valence-corrected chi connectivity index (χ0v) is 12.6. The maximum atomic E-state index is 2.51. The van der Waals surface area contributed by atoms with Gasteiger partial charge in [0.1, 0.15) is 0 Å². The van der Waals surface area contributed by atoms with Gasteiger partial charge < -0.3 is 0 Å². The summed E-state index contributed by atoms with van der Waals surface area (Å²) in [6.07, 6.45) is 9.67. The number of hydrogen-bond acceptors (Lipinski definition) is 0. The summed E-state index contributed by atoms with van der Waals surface area (Å²) in [5, 5.41) is 0. The Kier molecular flexibility index (Phi) is 8.14. The third kappa shape index (κ3) is 6.55. The van der Waals surface area contributed by atoms with E-state index in [0.29, 0.717) is 5.41 Å². The number of rotatable bonds is 9. The van der Waals surface area contributed by atoms with Gasteiger partial charge in [-0.3, -0.25) is 0 Å². The van der Waals surface area contributed by atoms with Gasteiger partial charge in [0.25, 0.3) is 0 Å². The molecule has 0 amide bonds. The van der Waals surface area contributed by atoms with Gasteiger partial charge in [0.05, 0.1) is 0 Å². The zero-order chi connectivity index (χ0) is 12.6. The molecule has 2 unspecified atom stereocenters. The van der Waals surface area contributed by atoms with Crippen LogP contribution in [0.1, 0.15) is 86.5 Å². The Labute approximate surface area is 104 Å². The van der Waals surface area contributed by atoms with Crippen molar-refractivity contribution in [2.75, 3.05) is 0 Å². The van der Waals surface area contributed by atoms with Gasteiger partial charge in [-0.2, -0.15) is 0 Å². The van der Waals surface area contributed by atoms with Gasteiger partial charge in [-0.25, -0.2) is 0 Å². The zero-order valence-electron chi connectivity index (χ0n) is 12.6. The van der Waals surface area contributed by atoms with E-state index in [-0.39, 0.29) is 0 Å². The van der Waals surface area contributed by atoms with Crippen LogP contribution in [0.5, 0.6) is 0 Å². The van der Waals surface area contributed by atoms with Gasteiger partial charge in [-0.05, 0) is 30.1 Å². The fourth-order valence-electron chi connectivity index (χ4n) is 3.24. The predicted molar refractivity (Wildman–Crippen MR) is 75.8 cm³/mol. The summed E-state index contributed by atoms with van der Waals surface area (Å²) in [6.45, 7) is 14.4. The molecule has 0 N–H and O–H groups in total. The lowest BCUT2D eigenvalue weighted by Gasteiger charge is -2.34. The molecule has 0 aromatic heterocycles. The van der Waals surface area contributed by atoms with Gasteiger partial charge in [-0.15, -0.1) is 0 Å². The lowest BCUT2D eigenvalue weighted by Crippen LogP contribution is -2.22. The second-order valence-corrected chi connectivity index (χ2v) is 6.36. The summed E-state index contributed by atoms with van der Waals surface area (Å²) in [5.74, 6) is 1.81. The monoisotopic (exact) mass is 226 g/mol. The van der Waals surface area contributed by atoms with E-state index in [2.05, 4.69) is 41.5 Å². The van der Waals surface area contributed by atoms with Gasteiger partial charge >= 0.3 is 0 Å². The molecule has 0 nitrogen and oxygen atoms in total. The van der Waals surface area contributed by atoms with Crippen molar-refractivity contribution in [3.8, 4) is 0 Å². The minimum absolute atomic E-state index is 0.586. The third-order valence-electron chi connectivity index (χ3n) is 4.10. The van der Waals surface area contributed by atoms with Crippen LogP contribution in [0.15, 0.2) is 0 Å². The molecule has 0 bridgehead atoms. The number of hydrogen-bond donors (Lipinski definition) is 0. The van der Waals surface area contributed by atoms with Crippen molar-refractivity contribution >= 4 is 0 Å². The summed E-state index contributed by atoms with van der Waals surface area (Å²) in [7, 11) is 0. The van der Waals surface area contributed by atoms with Gasteiger partial charge in [0.2, 0.25) is 0 Å². The molecule has 0 aromatic rings. The molecule has 98 valence electrons. The first-order valence-corrected chi connectivity index (χ1v) is 7.47. The van der Waals surface area contributed by atoms with Gasteiger partial charge in [-0.1, -0.05) is 73.6 Å². The van der Waals surface area contributed by atoms with Crippen LogP contribution in [-0.2, 0) is 0 Å². The van der Waals surface area contributed by atoms with Crippen LogP contribution in [0.2, 0.25) is 0 Å². The maximum absolute atomic E-state index is 2.51. The van der Waals surface area contributed by atoms with Crippen LogP contribution in [0.4, 0.5) is 0 Å². The molecule has 0 spiro atoms. The first-order valence-electron chi connectivity index (χ1n) is 7.47. The molecule has 0 heteroatoms. The highest BCUT2D eigenvalue weighted by Gasteiger charge is 2.26. The molecule has 0 heterocycles. The van der Waals surface area contributed by atoms with Crippen molar-refractivity contribution < 1.29 is 0 Å².